The van der Waals surface area contributed by atoms with E-state index in [9.17, 15) is 0 Å². The van der Waals surface area contributed by atoms with Crippen molar-refractivity contribution in [2.75, 3.05) is 7.11 Å². The van der Waals surface area contributed by atoms with Gasteiger partial charge in [-0.1, -0.05) is 13.8 Å². The van der Waals surface area contributed by atoms with E-state index in [0.29, 0.717) is 6.04 Å². The van der Waals surface area contributed by atoms with E-state index in [-0.39, 0.29) is 11.0 Å². The number of nitrogens with two attached hydrogens (primary N) is 1. The summed E-state index contributed by atoms with van der Waals surface area (Å²) in [5, 5.41) is 0. The Morgan fingerprint density at radius 2 is 1.90 bits per heavy atom. The fourth-order valence-corrected chi connectivity index (χ4v) is 1.55. The van der Waals surface area contributed by atoms with Gasteiger partial charge in [0.1, 0.15) is 0 Å². The second kappa shape index (κ2) is 1.95. The predicted molar refractivity (Wildman–Crippen MR) is 41.8 cm³/mol. The predicted octanol–water partition coefficient (Wildman–Crippen LogP) is 1.15. The minimum absolute atomic E-state index is 0.00637. The van der Waals surface area contributed by atoms with E-state index in [1.54, 1.807) is 7.11 Å². The molecule has 2 atom stereocenters. The van der Waals surface area contributed by atoms with Crippen LogP contribution in [0.15, 0.2) is 0 Å². The molecule has 0 aromatic carbocycles. The summed E-state index contributed by atoms with van der Waals surface area (Å²) in [4.78, 5) is 0. The van der Waals surface area contributed by atoms with Crippen molar-refractivity contribution < 1.29 is 4.74 Å². The van der Waals surface area contributed by atoms with E-state index >= 15 is 0 Å². The lowest BCUT2D eigenvalue weighted by Gasteiger charge is -2.57. The summed E-state index contributed by atoms with van der Waals surface area (Å²) >= 11 is 0. The topological polar surface area (TPSA) is 35.2 Å². The standard InChI is InChI=1S/C8H17NO/c1-7(2)6(9)5-8(7,3)10-4/h6H,5,9H2,1-4H3. The van der Waals surface area contributed by atoms with Gasteiger partial charge in [0.2, 0.25) is 0 Å². The molecule has 1 rings (SSSR count). The van der Waals surface area contributed by atoms with E-state index in [1.807, 2.05) is 0 Å². The van der Waals surface area contributed by atoms with Crippen LogP contribution < -0.4 is 5.73 Å². The lowest BCUT2D eigenvalue weighted by atomic mass is 9.56. The summed E-state index contributed by atoms with van der Waals surface area (Å²) in [6, 6.07) is 0.303. The molecule has 1 saturated carbocycles. The maximum atomic E-state index is 5.83. The van der Waals surface area contributed by atoms with E-state index in [1.165, 1.54) is 0 Å². The highest BCUT2D eigenvalue weighted by Crippen LogP contribution is 2.50. The van der Waals surface area contributed by atoms with E-state index in [4.69, 9.17) is 10.5 Å². The molecule has 0 amide bonds. The van der Waals surface area contributed by atoms with Crippen molar-refractivity contribution in [1.82, 2.24) is 0 Å². The summed E-state index contributed by atoms with van der Waals surface area (Å²) in [6.07, 6.45) is 0.983. The third kappa shape index (κ3) is 0.722. The van der Waals surface area contributed by atoms with Gasteiger partial charge in [-0.3, -0.25) is 0 Å². The van der Waals surface area contributed by atoms with Gasteiger partial charge in [-0.05, 0) is 13.3 Å². The third-order valence-corrected chi connectivity index (χ3v) is 3.35. The normalized spacial score (nSPS) is 44.7. The molecule has 60 valence electrons. The van der Waals surface area contributed by atoms with Crippen molar-refractivity contribution in [2.45, 2.75) is 38.8 Å². The molecular weight excluding hydrogens is 126 g/mol. The molecule has 2 heteroatoms. The highest BCUT2D eigenvalue weighted by atomic mass is 16.5. The molecule has 2 nitrogen and oxygen atoms in total. The Morgan fingerprint density at radius 1 is 1.40 bits per heavy atom. The third-order valence-electron chi connectivity index (χ3n) is 3.35. The van der Waals surface area contributed by atoms with Gasteiger partial charge in [0.05, 0.1) is 5.60 Å². The van der Waals surface area contributed by atoms with Crippen molar-refractivity contribution in [2.24, 2.45) is 11.1 Å². The summed E-state index contributed by atoms with van der Waals surface area (Å²) in [6.45, 7) is 6.44. The molecule has 0 aliphatic heterocycles. The van der Waals surface area contributed by atoms with Gasteiger partial charge in [-0.2, -0.15) is 0 Å². The summed E-state index contributed by atoms with van der Waals surface area (Å²) in [7, 11) is 1.76. The molecule has 10 heavy (non-hydrogen) atoms. The molecule has 1 aliphatic rings. The zero-order valence-electron chi connectivity index (χ0n) is 7.27. The van der Waals surface area contributed by atoms with Crippen LogP contribution in [-0.4, -0.2) is 18.8 Å². The number of hydrogen-bond donors (Lipinski definition) is 1. The minimum Gasteiger partial charge on any atom is -0.378 e. The van der Waals surface area contributed by atoms with Crippen LogP contribution in [0, 0.1) is 5.41 Å². The zero-order valence-corrected chi connectivity index (χ0v) is 7.27. The molecular formula is C8H17NO. The van der Waals surface area contributed by atoms with Crippen molar-refractivity contribution in [3.05, 3.63) is 0 Å². The first kappa shape index (κ1) is 8.02. The zero-order chi connectivity index (χ0) is 7.99. The van der Waals surface area contributed by atoms with Gasteiger partial charge in [0, 0.05) is 18.6 Å². The summed E-state index contributed by atoms with van der Waals surface area (Å²) < 4.78 is 5.38. The van der Waals surface area contributed by atoms with Gasteiger partial charge in [-0.15, -0.1) is 0 Å². The Bertz CT molecular complexity index is 141. The maximum absolute atomic E-state index is 5.83. The van der Waals surface area contributed by atoms with Gasteiger partial charge >= 0.3 is 0 Å². The Kier molecular flexibility index (Phi) is 1.57. The number of ether oxygens (including phenoxy) is 1. The molecule has 0 aromatic rings. The largest absolute Gasteiger partial charge is 0.378 e. The smallest absolute Gasteiger partial charge is 0.0731 e. The molecule has 0 heterocycles. The number of rotatable bonds is 1. The quantitative estimate of drug-likeness (QED) is 0.597. The maximum Gasteiger partial charge on any atom is 0.0731 e. The van der Waals surface area contributed by atoms with E-state index in [0.717, 1.165) is 6.42 Å². The Hall–Kier alpha value is -0.0800. The monoisotopic (exact) mass is 143 g/mol. The summed E-state index contributed by atoms with van der Waals surface area (Å²) in [5.41, 5.74) is 5.97. The lowest BCUT2D eigenvalue weighted by molar-refractivity contribution is -0.171. The minimum atomic E-state index is 0.00637. The first-order valence-electron chi connectivity index (χ1n) is 3.75. The highest BCUT2D eigenvalue weighted by molar-refractivity contribution is 5.09. The second-order valence-electron chi connectivity index (χ2n) is 3.97. The van der Waals surface area contributed by atoms with Gasteiger partial charge in [0.25, 0.3) is 0 Å². The molecule has 0 saturated heterocycles. The van der Waals surface area contributed by atoms with Crippen LogP contribution in [0.4, 0.5) is 0 Å². The average Bonchev–Trinajstić information content (AvgIpc) is 1.88. The number of hydrogen-bond acceptors (Lipinski definition) is 2. The molecule has 1 aliphatic carbocycles. The Morgan fingerprint density at radius 3 is 2.00 bits per heavy atom. The van der Waals surface area contributed by atoms with Crippen molar-refractivity contribution >= 4 is 0 Å². The Balaban J connectivity index is 2.70. The first-order chi connectivity index (χ1) is 4.44. The van der Waals surface area contributed by atoms with Crippen LogP contribution in [0.2, 0.25) is 0 Å². The van der Waals surface area contributed by atoms with E-state index < -0.39 is 0 Å². The molecule has 0 aromatic heterocycles. The highest BCUT2D eigenvalue weighted by Gasteiger charge is 2.55. The lowest BCUT2D eigenvalue weighted by Crippen LogP contribution is -2.66. The van der Waals surface area contributed by atoms with Crippen LogP contribution in [0.25, 0.3) is 0 Å². The van der Waals surface area contributed by atoms with Gasteiger partial charge in [0.15, 0.2) is 0 Å². The molecule has 1 fully saturated rings. The van der Waals surface area contributed by atoms with Crippen LogP contribution in [0.5, 0.6) is 0 Å². The van der Waals surface area contributed by atoms with Crippen LogP contribution >= 0.6 is 0 Å². The molecule has 2 N–H and O–H groups in total. The van der Waals surface area contributed by atoms with Crippen LogP contribution in [0.1, 0.15) is 27.2 Å². The van der Waals surface area contributed by atoms with Crippen molar-refractivity contribution in [3.63, 3.8) is 0 Å². The fraction of sp³-hybridized carbons (Fsp3) is 1.00. The van der Waals surface area contributed by atoms with E-state index in [2.05, 4.69) is 20.8 Å². The first-order valence-corrected chi connectivity index (χ1v) is 3.75. The second-order valence-corrected chi connectivity index (χ2v) is 3.97. The molecule has 2 unspecified atom stereocenters. The number of methoxy groups -OCH3 is 1. The summed E-state index contributed by atoms with van der Waals surface area (Å²) in [5.74, 6) is 0. The SMILES string of the molecule is COC1(C)CC(N)C1(C)C. The van der Waals surface area contributed by atoms with Crippen molar-refractivity contribution in [1.29, 1.82) is 0 Å². The van der Waals surface area contributed by atoms with Gasteiger partial charge < -0.3 is 10.5 Å². The van der Waals surface area contributed by atoms with Gasteiger partial charge in [-0.25, -0.2) is 0 Å². The van der Waals surface area contributed by atoms with Crippen LogP contribution in [-0.2, 0) is 4.74 Å². The Labute approximate surface area is 62.7 Å². The van der Waals surface area contributed by atoms with Crippen LogP contribution in [0.3, 0.4) is 0 Å². The molecule has 0 spiro atoms. The molecule has 0 bridgehead atoms. The average molecular weight is 143 g/mol. The fourth-order valence-electron chi connectivity index (χ4n) is 1.55. The molecule has 0 radical (unpaired) electrons. The van der Waals surface area contributed by atoms with Crippen molar-refractivity contribution in [3.8, 4) is 0 Å².